The molecule has 0 unspecified atom stereocenters. The molecule has 2 aromatic carbocycles. The Morgan fingerprint density at radius 2 is 1.88 bits per heavy atom. The van der Waals surface area contributed by atoms with Crippen LogP contribution in [0.25, 0.3) is 0 Å². The third kappa shape index (κ3) is 5.21. The molecule has 0 aromatic heterocycles. The number of carbonyl (C=O) groups is 2. The van der Waals surface area contributed by atoms with Gasteiger partial charge in [0.05, 0.1) is 0 Å². The Hall–Kier alpha value is -3.09. The van der Waals surface area contributed by atoms with Crippen LogP contribution in [0.5, 0.6) is 11.5 Å². The van der Waals surface area contributed by atoms with E-state index in [1.54, 1.807) is 25.1 Å². The number of halogens is 1. The molecule has 7 heteroatoms. The van der Waals surface area contributed by atoms with Crippen molar-refractivity contribution < 1.29 is 23.5 Å². The maximum atomic E-state index is 14.3. The largest absolute Gasteiger partial charge is 0.454 e. The molecule has 4 rings (SSSR count). The van der Waals surface area contributed by atoms with E-state index >= 15 is 0 Å². The zero-order chi connectivity index (χ0) is 22.5. The van der Waals surface area contributed by atoms with E-state index in [2.05, 4.69) is 5.32 Å². The molecule has 1 atom stereocenters. The lowest BCUT2D eigenvalue weighted by atomic mass is 10.1. The molecule has 0 spiro atoms. The summed E-state index contributed by atoms with van der Waals surface area (Å²) >= 11 is 0. The van der Waals surface area contributed by atoms with Crippen LogP contribution in [0.2, 0.25) is 0 Å². The Balaban J connectivity index is 1.46. The molecule has 2 aromatic rings. The van der Waals surface area contributed by atoms with Gasteiger partial charge in [-0.05, 0) is 49.9 Å². The lowest BCUT2D eigenvalue weighted by Gasteiger charge is -2.30. The highest BCUT2D eigenvalue weighted by Crippen LogP contribution is 2.32. The lowest BCUT2D eigenvalue weighted by molar-refractivity contribution is -0.140. The third-order valence-corrected chi connectivity index (χ3v) is 6.23. The van der Waals surface area contributed by atoms with Gasteiger partial charge in [0.15, 0.2) is 11.5 Å². The molecule has 32 heavy (non-hydrogen) atoms. The first-order chi connectivity index (χ1) is 15.5. The predicted molar refractivity (Wildman–Crippen MR) is 118 cm³/mol. The van der Waals surface area contributed by atoms with E-state index < -0.39 is 6.04 Å². The average Bonchev–Trinajstić information content (AvgIpc) is 3.48. The van der Waals surface area contributed by atoms with Crippen LogP contribution in [0.3, 0.4) is 0 Å². The highest BCUT2D eigenvalue weighted by atomic mass is 19.1. The second-order valence-corrected chi connectivity index (χ2v) is 8.47. The summed E-state index contributed by atoms with van der Waals surface area (Å²) in [6.07, 6.45) is 4.82. The summed E-state index contributed by atoms with van der Waals surface area (Å²) in [5.41, 5.74) is 1.33. The van der Waals surface area contributed by atoms with Crippen LogP contribution in [-0.4, -0.2) is 35.6 Å². The molecule has 1 aliphatic carbocycles. The maximum Gasteiger partial charge on any atom is 0.242 e. The van der Waals surface area contributed by atoms with Crippen LogP contribution >= 0.6 is 0 Å². The quantitative estimate of drug-likeness (QED) is 0.675. The number of carbonyl (C=O) groups excluding carboxylic acids is 2. The molecule has 1 N–H and O–H groups in total. The molecule has 0 saturated heterocycles. The molecular weight excluding hydrogens is 411 g/mol. The van der Waals surface area contributed by atoms with Crippen LogP contribution < -0.4 is 14.8 Å². The second-order valence-electron chi connectivity index (χ2n) is 8.47. The van der Waals surface area contributed by atoms with Crippen LogP contribution in [0.4, 0.5) is 4.39 Å². The highest BCUT2D eigenvalue weighted by molar-refractivity contribution is 5.87. The van der Waals surface area contributed by atoms with Gasteiger partial charge in [0.25, 0.3) is 0 Å². The van der Waals surface area contributed by atoms with Gasteiger partial charge >= 0.3 is 0 Å². The standard InChI is InChI=1S/C25H29FN2O4/c1-17(25(30)27-20-7-3-4-8-20)28(15-19-6-2-5-9-21(19)26)24(29)13-11-18-10-12-22-23(14-18)32-16-31-22/h2,5-6,9-10,12,14,17,20H,3-4,7-8,11,13,15-16H2,1H3,(H,27,30)/t17-/m1/s1. The van der Waals surface area contributed by atoms with Gasteiger partial charge in [-0.3, -0.25) is 9.59 Å². The topological polar surface area (TPSA) is 67.9 Å². The van der Waals surface area contributed by atoms with Crippen molar-refractivity contribution in [3.8, 4) is 11.5 Å². The first-order valence-electron chi connectivity index (χ1n) is 11.2. The van der Waals surface area contributed by atoms with Crippen LogP contribution in [0, 0.1) is 5.82 Å². The molecule has 1 aliphatic heterocycles. The Morgan fingerprint density at radius 3 is 2.66 bits per heavy atom. The van der Waals surface area contributed by atoms with Gasteiger partial charge in [-0.25, -0.2) is 4.39 Å². The molecule has 1 saturated carbocycles. The second kappa shape index (κ2) is 10.0. The molecule has 6 nitrogen and oxygen atoms in total. The van der Waals surface area contributed by atoms with Crippen molar-refractivity contribution in [2.24, 2.45) is 0 Å². The number of nitrogens with zero attached hydrogens (tertiary/aromatic N) is 1. The summed E-state index contributed by atoms with van der Waals surface area (Å²) in [6, 6.07) is 11.4. The lowest BCUT2D eigenvalue weighted by Crippen LogP contribution is -2.49. The highest BCUT2D eigenvalue weighted by Gasteiger charge is 2.29. The number of amides is 2. The fourth-order valence-corrected chi connectivity index (χ4v) is 4.28. The van der Waals surface area contributed by atoms with Gasteiger partial charge < -0.3 is 19.7 Å². The van der Waals surface area contributed by atoms with Gasteiger partial charge in [-0.1, -0.05) is 37.1 Å². The monoisotopic (exact) mass is 440 g/mol. The molecular formula is C25H29FN2O4. The summed E-state index contributed by atoms with van der Waals surface area (Å²) in [6.45, 7) is 1.96. The van der Waals surface area contributed by atoms with E-state index in [9.17, 15) is 14.0 Å². The van der Waals surface area contributed by atoms with E-state index in [1.165, 1.54) is 11.0 Å². The number of ether oxygens (including phenoxy) is 2. The Bertz CT molecular complexity index is 974. The summed E-state index contributed by atoms with van der Waals surface area (Å²) < 4.78 is 25.1. The van der Waals surface area contributed by atoms with Gasteiger partial charge in [0.1, 0.15) is 11.9 Å². The maximum absolute atomic E-state index is 14.3. The van der Waals surface area contributed by atoms with Gasteiger partial charge in [-0.15, -0.1) is 0 Å². The molecule has 2 aliphatic rings. The van der Waals surface area contributed by atoms with E-state index in [1.807, 2.05) is 18.2 Å². The van der Waals surface area contributed by atoms with Gasteiger partial charge in [0.2, 0.25) is 18.6 Å². The molecule has 170 valence electrons. The van der Waals surface area contributed by atoms with Crippen LogP contribution in [-0.2, 0) is 22.6 Å². The predicted octanol–water partition coefficient (Wildman–Crippen LogP) is 3.96. The van der Waals surface area contributed by atoms with Crippen molar-refractivity contribution >= 4 is 11.8 Å². The minimum atomic E-state index is -0.695. The Labute approximate surface area is 187 Å². The van der Waals surface area contributed by atoms with Crippen molar-refractivity contribution in [3.63, 3.8) is 0 Å². The van der Waals surface area contributed by atoms with Crippen molar-refractivity contribution in [3.05, 3.63) is 59.4 Å². The van der Waals surface area contributed by atoms with E-state index in [0.717, 1.165) is 31.2 Å². The fourth-order valence-electron chi connectivity index (χ4n) is 4.28. The van der Waals surface area contributed by atoms with Crippen LogP contribution in [0.1, 0.15) is 50.2 Å². The van der Waals surface area contributed by atoms with Crippen molar-refractivity contribution in [2.75, 3.05) is 6.79 Å². The zero-order valence-corrected chi connectivity index (χ0v) is 18.3. The number of fused-ring (bicyclic) bond motifs is 1. The van der Waals surface area contributed by atoms with Gasteiger partial charge in [0, 0.05) is 24.6 Å². The third-order valence-electron chi connectivity index (χ3n) is 6.23. The number of aryl methyl sites for hydroxylation is 1. The van der Waals surface area contributed by atoms with E-state index in [0.29, 0.717) is 23.5 Å². The Kier molecular flexibility index (Phi) is 6.93. The Morgan fingerprint density at radius 1 is 1.12 bits per heavy atom. The van der Waals surface area contributed by atoms with E-state index in [-0.39, 0.29) is 43.4 Å². The first-order valence-corrected chi connectivity index (χ1v) is 11.2. The SMILES string of the molecule is C[C@H](C(=O)NC1CCCC1)N(Cc1ccccc1F)C(=O)CCc1ccc2c(c1)OCO2. The number of rotatable bonds is 8. The molecule has 0 radical (unpaired) electrons. The van der Waals surface area contributed by atoms with Crippen molar-refractivity contribution in [2.45, 2.75) is 64.1 Å². The molecule has 0 bridgehead atoms. The minimum absolute atomic E-state index is 0.0475. The number of benzene rings is 2. The van der Waals surface area contributed by atoms with Crippen molar-refractivity contribution in [1.82, 2.24) is 10.2 Å². The summed E-state index contributed by atoms with van der Waals surface area (Å²) in [7, 11) is 0. The number of hydrogen-bond donors (Lipinski definition) is 1. The molecule has 2 amide bonds. The molecule has 1 fully saturated rings. The first kappa shape index (κ1) is 22.1. The smallest absolute Gasteiger partial charge is 0.242 e. The minimum Gasteiger partial charge on any atom is -0.454 e. The molecule has 1 heterocycles. The van der Waals surface area contributed by atoms with E-state index in [4.69, 9.17) is 9.47 Å². The fraction of sp³-hybridized carbons (Fsp3) is 0.440. The average molecular weight is 441 g/mol. The van der Waals surface area contributed by atoms with Crippen LogP contribution in [0.15, 0.2) is 42.5 Å². The number of hydrogen-bond acceptors (Lipinski definition) is 4. The normalized spacial score (nSPS) is 16.1. The zero-order valence-electron chi connectivity index (χ0n) is 18.3. The summed E-state index contributed by atoms with van der Waals surface area (Å²) in [5.74, 6) is 0.593. The van der Waals surface area contributed by atoms with Crippen molar-refractivity contribution in [1.29, 1.82) is 0 Å². The number of nitrogens with one attached hydrogen (secondary N) is 1. The summed E-state index contributed by atoms with van der Waals surface area (Å²) in [5, 5.41) is 3.06. The van der Waals surface area contributed by atoms with Gasteiger partial charge in [-0.2, -0.15) is 0 Å². The summed E-state index contributed by atoms with van der Waals surface area (Å²) in [4.78, 5) is 27.6.